The molecule has 1 aromatic carbocycles. The Morgan fingerprint density at radius 1 is 1.25 bits per heavy atom. The van der Waals surface area contributed by atoms with Crippen molar-refractivity contribution in [2.45, 2.75) is 30.2 Å². The van der Waals surface area contributed by atoms with Crippen LogP contribution < -0.4 is 5.32 Å². The molecule has 146 valence electrons. The standard InChI is InChI=1S/C18H15F3N4OS2/c19-18(20,21)11-3-1-4-12(9-11)22-15(26)10-28-17-24-23-16(14-5-2-8-27-14)25(17)13-6-7-13/h1-5,8-9,13H,6-7,10H2,(H,22,26). The smallest absolute Gasteiger partial charge is 0.325 e. The van der Waals surface area contributed by atoms with Gasteiger partial charge in [0.05, 0.1) is 16.2 Å². The van der Waals surface area contributed by atoms with Gasteiger partial charge in [0.15, 0.2) is 11.0 Å². The van der Waals surface area contributed by atoms with Gasteiger partial charge in [0.25, 0.3) is 0 Å². The molecule has 0 saturated heterocycles. The number of carbonyl (C=O) groups is 1. The molecule has 1 N–H and O–H groups in total. The minimum absolute atomic E-state index is 0.0333. The fourth-order valence-corrected chi connectivity index (χ4v) is 4.22. The maximum Gasteiger partial charge on any atom is 0.416 e. The van der Waals surface area contributed by atoms with Gasteiger partial charge in [0.1, 0.15) is 0 Å². The second kappa shape index (κ2) is 7.59. The first-order chi connectivity index (χ1) is 13.4. The molecule has 28 heavy (non-hydrogen) atoms. The van der Waals surface area contributed by atoms with E-state index in [1.165, 1.54) is 23.9 Å². The third-order valence-corrected chi connectivity index (χ3v) is 5.93. The van der Waals surface area contributed by atoms with Crippen LogP contribution in [0.3, 0.4) is 0 Å². The Morgan fingerprint density at radius 3 is 2.75 bits per heavy atom. The molecule has 0 radical (unpaired) electrons. The van der Waals surface area contributed by atoms with E-state index in [0.29, 0.717) is 11.2 Å². The van der Waals surface area contributed by atoms with Crippen LogP contribution in [-0.4, -0.2) is 26.4 Å². The molecule has 0 aliphatic heterocycles. The van der Waals surface area contributed by atoms with Gasteiger partial charge in [-0.1, -0.05) is 23.9 Å². The summed E-state index contributed by atoms with van der Waals surface area (Å²) in [4.78, 5) is 13.2. The van der Waals surface area contributed by atoms with Crippen molar-refractivity contribution in [3.05, 3.63) is 47.3 Å². The molecule has 1 aliphatic carbocycles. The lowest BCUT2D eigenvalue weighted by atomic mass is 10.2. The SMILES string of the molecule is O=C(CSc1nnc(-c2cccs2)n1C1CC1)Nc1cccc(C(F)(F)F)c1. The Bertz CT molecular complexity index is 981. The molecule has 2 aromatic heterocycles. The van der Waals surface area contributed by atoms with Gasteiger partial charge in [0.2, 0.25) is 5.91 Å². The lowest BCUT2D eigenvalue weighted by molar-refractivity contribution is -0.137. The third-order valence-electron chi connectivity index (χ3n) is 4.12. The van der Waals surface area contributed by atoms with Gasteiger partial charge in [0, 0.05) is 11.7 Å². The number of hydrogen-bond acceptors (Lipinski definition) is 5. The van der Waals surface area contributed by atoms with Crippen LogP contribution in [0.5, 0.6) is 0 Å². The van der Waals surface area contributed by atoms with Crippen molar-refractivity contribution in [3.8, 4) is 10.7 Å². The van der Waals surface area contributed by atoms with E-state index >= 15 is 0 Å². The Hall–Kier alpha value is -2.33. The number of thioether (sulfide) groups is 1. The van der Waals surface area contributed by atoms with Gasteiger partial charge in [-0.2, -0.15) is 13.2 Å². The zero-order valence-electron chi connectivity index (χ0n) is 14.4. The van der Waals surface area contributed by atoms with Crippen molar-refractivity contribution < 1.29 is 18.0 Å². The Kier molecular flexibility index (Phi) is 5.15. The molecule has 0 atom stereocenters. The van der Waals surface area contributed by atoms with Crippen molar-refractivity contribution in [1.82, 2.24) is 14.8 Å². The average Bonchev–Trinajstić information content (AvgIpc) is 3.17. The van der Waals surface area contributed by atoms with Crippen LogP contribution in [-0.2, 0) is 11.0 Å². The second-order valence-corrected chi connectivity index (χ2v) is 8.19. The predicted octanol–water partition coefficient (Wildman–Crippen LogP) is 5.09. The quantitative estimate of drug-likeness (QED) is 0.560. The lowest BCUT2D eigenvalue weighted by Gasteiger charge is -2.10. The summed E-state index contributed by atoms with van der Waals surface area (Å²) in [6.07, 6.45) is -2.37. The van der Waals surface area contributed by atoms with E-state index in [1.807, 2.05) is 22.1 Å². The van der Waals surface area contributed by atoms with Crippen molar-refractivity contribution >= 4 is 34.7 Å². The van der Waals surface area contributed by atoms with Crippen LogP contribution in [0.1, 0.15) is 24.4 Å². The number of carbonyl (C=O) groups excluding carboxylic acids is 1. The highest BCUT2D eigenvalue weighted by Crippen LogP contribution is 2.41. The van der Waals surface area contributed by atoms with E-state index < -0.39 is 17.6 Å². The molecule has 3 aromatic rings. The third kappa shape index (κ3) is 4.22. The average molecular weight is 424 g/mol. The summed E-state index contributed by atoms with van der Waals surface area (Å²) in [6.45, 7) is 0. The molecular formula is C18H15F3N4OS2. The maximum absolute atomic E-state index is 12.8. The van der Waals surface area contributed by atoms with Crippen LogP contribution >= 0.6 is 23.1 Å². The van der Waals surface area contributed by atoms with Gasteiger partial charge < -0.3 is 5.32 Å². The molecule has 1 fully saturated rings. The number of amides is 1. The fraction of sp³-hybridized carbons (Fsp3) is 0.278. The maximum atomic E-state index is 12.8. The van der Waals surface area contributed by atoms with Crippen molar-refractivity contribution in [3.63, 3.8) is 0 Å². The number of rotatable bonds is 6. The van der Waals surface area contributed by atoms with Crippen LogP contribution in [0.25, 0.3) is 10.7 Å². The van der Waals surface area contributed by atoms with Crippen molar-refractivity contribution in [2.75, 3.05) is 11.1 Å². The van der Waals surface area contributed by atoms with Crippen LogP contribution in [0, 0.1) is 0 Å². The molecule has 10 heteroatoms. The predicted molar refractivity (Wildman–Crippen MR) is 102 cm³/mol. The summed E-state index contributed by atoms with van der Waals surface area (Å²) < 4.78 is 40.4. The molecule has 4 rings (SSSR count). The number of aromatic nitrogens is 3. The first-order valence-corrected chi connectivity index (χ1v) is 10.4. The van der Waals surface area contributed by atoms with Gasteiger partial charge in [-0.05, 0) is 42.5 Å². The molecule has 2 heterocycles. The lowest BCUT2D eigenvalue weighted by Crippen LogP contribution is -2.15. The summed E-state index contributed by atoms with van der Waals surface area (Å²) in [7, 11) is 0. The molecule has 0 bridgehead atoms. The van der Waals surface area contributed by atoms with Crippen molar-refractivity contribution in [2.24, 2.45) is 0 Å². The molecule has 1 aliphatic rings. The van der Waals surface area contributed by atoms with Crippen LogP contribution in [0.2, 0.25) is 0 Å². The number of thiophene rings is 1. The summed E-state index contributed by atoms with van der Waals surface area (Å²) in [5.74, 6) is 0.427. The monoisotopic (exact) mass is 424 g/mol. The Labute approximate surface area is 167 Å². The number of hydrogen-bond donors (Lipinski definition) is 1. The molecule has 5 nitrogen and oxygen atoms in total. The molecule has 1 amide bonds. The summed E-state index contributed by atoms with van der Waals surface area (Å²) in [5, 5.41) is 13.6. The Morgan fingerprint density at radius 2 is 2.07 bits per heavy atom. The van der Waals surface area contributed by atoms with Crippen molar-refractivity contribution in [1.29, 1.82) is 0 Å². The van der Waals surface area contributed by atoms with Crippen LogP contribution in [0.15, 0.2) is 46.9 Å². The number of anilines is 1. The van der Waals surface area contributed by atoms with Gasteiger partial charge in [-0.15, -0.1) is 21.5 Å². The van der Waals surface area contributed by atoms with E-state index in [4.69, 9.17) is 0 Å². The van der Waals surface area contributed by atoms with Crippen LogP contribution in [0.4, 0.5) is 18.9 Å². The molecule has 1 saturated carbocycles. The topological polar surface area (TPSA) is 59.8 Å². The zero-order chi connectivity index (χ0) is 19.7. The van der Waals surface area contributed by atoms with E-state index in [2.05, 4.69) is 15.5 Å². The first kappa shape index (κ1) is 19.0. The largest absolute Gasteiger partial charge is 0.416 e. The van der Waals surface area contributed by atoms with Gasteiger partial charge in [-0.25, -0.2) is 0 Å². The fourth-order valence-electron chi connectivity index (χ4n) is 2.71. The van der Waals surface area contributed by atoms with E-state index in [0.717, 1.165) is 35.7 Å². The highest BCUT2D eigenvalue weighted by atomic mass is 32.2. The molecule has 0 spiro atoms. The van der Waals surface area contributed by atoms with E-state index in [1.54, 1.807) is 11.3 Å². The number of benzene rings is 1. The number of nitrogens with zero attached hydrogens (tertiary/aromatic N) is 3. The summed E-state index contributed by atoms with van der Waals surface area (Å²) in [5.41, 5.74) is -0.685. The number of nitrogens with one attached hydrogen (secondary N) is 1. The minimum Gasteiger partial charge on any atom is -0.325 e. The highest BCUT2D eigenvalue weighted by molar-refractivity contribution is 7.99. The number of halogens is 3. The summed E-state index contributed by atoms with van der Waals surface area (Å²) >= 11 is 2.80. The van der Waals surface area contributed by atoms with Gasteiger partial charge >= 0.3 is 6.18 Å². The van der Waals surface area contributed by atoms with E-state index in [-0.39, 0.29) is 11.4 Å². The highest BCUT2D eigenvalue weighted by Gasteiger charge is 2.31. The molecular weight excluding hydrogens is 409 g/mol. The zero-order valence-corrected chi connectivity index (χ0v) is 16.1. The number of alkyl halides is 3. The minimum atomic E-state index is -4.45. The normalized spacial score (nSPS) is 14.2. The van der Waals surface area contributed by atoms with E-state index in [9.17, 15) is 18.0 Å². The summed E-state index contributed by atoms with van der Waals surface area (Å²) in [6, 6.07) is 8.84. The Balaban J connectivity index is 1.43. The second-order valence-electron chi connectivity index (χ2n) is 6.30. The first-order valence-electron chi connectivity index (χ1n) is 8.50. The van der Waals surface area contributed by atoms with Gasteiger partial charge in [-0.3, -0.25) is 9.36 Å². The molecule has 0 unspecified atom stereocenters.